The molecular weight excluding hydrogens is 233 g/mol. The Labute approximate surface area is 105 Å². The highest BCUT2D eigenvalue weighted by atomic mass is 19.1. The lowest BCUT2D eigenvalue weighted by molar-refractivity contribution is 0.475. The van der Waals surface area contributed by atoms with E-state index in [2.05, 4.69) is 29.4 Å². The van der Waals surface area contributed by atoms with E-state index < -0.39 is 0 Å². The molecule has 0 saturated heterocycles. The normalized spacial score (nSPS) is 11.2. The number of aromatic nitrogens is 4. The maximum absolute atomic E-state index is 13.7. The Balaban J connectivity index is 2.46. The van der Waals surface area contributed by atoms with Gasteiger partial charge in [-0.2, -0.15) is 0 Å². The maximum Gasteiger partial charge on any atom is 0.182 e. The van der Waals surface area contributed by atoms with Gasteiger partial charge in [0, 0.05) is 23.4 Å². The molecule has 18 heavy (non-hydrogen) atoms. The fraction of sp³-hybridized carbons (Fsp3) is 0.417. The van der Waals surface area contributed by atoms with Crippen LogP contribution < -0.4 is 5.73 Å². The summed E-state index contributed by atoms with van der Waals surface area (Å²) >= 11 is 0. The number of nitrogens with two attached hydrogens (primary N) is 1. The molecule has 0 aliphatic heterocycles. The molecule has 2 N–H and O–H groups in total. The van der Waals surface area contributed by atoms with Crippen LogP contribution in [-0.2, 0) is 6.54 Å². The van der Waals surface area contributed by atoms with Crippen LogP contribution in [0.1, 0.15) is 19.4 Å². The summed E-state index contributed by atoms with van der Waals surface area (Å²) in [4.78, 5) is 0. The van der Waals surface area contributed by atoms with Gasteiger partial charge in [-0.25, -0.2) is 9.07 Å². The summed E-state index contributed by atoms with van der Waals surface area (Å²) in [5, 5.41) is 11.5. The van der Waals surface area contributed by atoms with Crippen molar-refractivity contribution in [3.05, 3.63) is 23.5 Å². The number of hydrogen-bond donors (Lipinski definition) is 1. The molecule has 96 valence electrons. The van der Waals surface area contributed by atoms with E-state index in [4.69, 9.17) is 5.73 Å². The zero-order valence-corrected chi connectivity index (χ0v) is 10.7. The third kappa shape index (κ3) is 2.32. The second-order valence-corrected chi connectivity index (χ2v) is 4.75. The van der Waals surface area contributed by atoms with E-state index >= 15 is 0 Å². The van der Waals surface area contributed by atoms with Gasteiger partial charge in [-0.3, -0.25) is 0 Å². The largest absolute Gasteiger partial charge is 0.398 e. The van der Waals surface area contributed by atoms with Crippen LogP contribution in [0.3, 0.4) is 0 Å². The van der Waals surface area contributed by atoms with E-state index in [1.807, 2.05) is 0 Å². The van der Waals surface area contributed by atoms with Crippen molar-refractivity contribution in [1.82, 2.24) is 20.2 Å². The average molecular weight is 249 g/mol. The van der Waals surface area contributed by atoms with Crippen molar-refractivity contribution >= 4 is 5.69 Å². The van der Waals surface area contributed by atoms with E-state index in [0.717, 1.165) is 0 Å². The molecular formula is C12H16FN5. The van der Waals surface area contributed by atoms with Crippen molar-refractivity contribution in [1.29, 1.82) is 0 Å². The standard InChI is InChI=1S/C12H16FN5/c1-7(2)6-18-12(15-16-17-18)9-4-10(13)8(3)11(14)5-9/h4-5,7H,6,14H2,1-3H3. The lowest BCUT2D eigenvalue weighted by Crippen LogP contribution is -2.08. The molecule has 0 spiro atoms. The first kappa shape index (κ1) is 12.5. The molecule has 0 amide bonds. The number of rotatable bonds is 3. The monoisotopic (exact) mass is 249 g/mol. The average Bonchev–Trinajstić information content (AvgIpc) is 2.72. The Kier molecular flexibility index (Phi) is 3.27. The predicted molar refractivity (Wildman–Crippen MR) is 67.2 cm³/mol. The Morgan fingerprint density at radius 3 is 2.72 bits per heavy atom. The minimum Gasteiger partial charge on any atom is -0.398 e. The molecule has 0 atom stereocenters. The van der Waals surface area contributed by atoms with Gasteiger partial charge in [-0.15, -0.1) is 5.10 Å². The third-order valence-corrected chi connectivity index (χ3v) is 2.71. The molecule has 0 fully saturated rings. The van der Waals surface area contributed by atoms with Crippen LogP contribution in [0.5, 0.6) is 0 Å². The highest BCUT2D eigenvalue weighted by Gasteiger charge is 2.13. The number of nitrogen functional groups attached to an aromatic ring is 1. The van der Waals surface area contributed by atoms with Crippen LogP contribution in [0.4, 0.5) is 10.1 Å². The van der Waals surface area contributed by atoms with E-state index in [0.29, 0.717) is 35.1 Å². The zero-order valence-electron chi connectivity index (χ0n) is 10.7. The van der Waals surface area contributed by atoms with E-state index in [1.54, 1.807) is 17.7 Å². The molecule has 0 radical (unpaired) electrons. The van der Waals surface area contributed by atoms with E-state index in [-0.39, 0.29) is 5.82 Å². The Hall–Kier alpha value is -1.98. The SMILES string of the molecule is Cc1c(N)cc(-c2nnnn2CC(C)C)cc1F. The summed E-state index contributed by atoms with van der Waals surface area (Å²) < 4.78 is 15.3. The quantitative estimate of drug-likeness (QED) is 0.845. The van der Waals surface area contributed by atoms with Gasteiger partial charge in [-0.05, 0) is 35.4 Å². The van der Waals surface area contributed by atoms with Crippen LogP contribution in [0.25, 0.3) is 11.4 Å². The lowest BCUT2D eigenvalue weighted by atomic mass is 10.1. The number of nitrogens with zero attached hydrogens (tertiary/aromatic N) is 4. The van der Waals surface area contributed by atoms with Gasteiger partial charge >= 0.3 is 0 Å². The molecule has 0 bridgehead atoms. The number of halogens is 1. The summed E-state index contributed by atoms with van der Waals surface area (Å²) in [7, 11) is 0. The Morgan fingerprint density at radius 1 is 1.39 bits per heavy atom. The van der Waals surface area contributed by atoms with Gasteiger partial charge in [0.15, 0.2) is 5.82 Å². The summed E-state index contributed by atoms with van der Waals surface area (Å²) in [6, 6.07) is 3.11. The minimum atomic E-state index is -0.343. The van der Waals surface area contributed by atoms with Gasteiger partial charge in [0.05, 0.1) is 0 Å². The molecule has 2 aromatic rings. The predicted octanol–water partition coefficient (Wildman–Crippen LogP) is 2.03. The highest BCUT2D eigenvalue weighted by molar-refractivity contribution is 5.63. The van der Waals surface area contributed by atoms with E-state index in [1.165, 1.54) is 6.07 Å². The molecule has 0 aliphatic rings. The number of benzene rings is 1. The van der Waals surface area contributed by atoms with Gasteiger partial charge < -0.3 is 5.73 Å². The first-order chi connectivity index (χ1) is 8.49. The number of hydrogen-bond acceptors (Lipinski definition) is 4. The second kappa shape index (κ2) is 4.72. The first-order valence-electron chi connectivity index (χ1n) is 5.81. The highest BCUT2D eigenvalue weighted by Crippen LogP contribution is 2.24. The molecule has 1 heterocycles. The third-order valence-electron chi connectivity index (χ3n) is 2.71. The van der Waals surface area contributed by atoms with Crippen molar-refractivity contribution in [2.24, 2.45) is 5.92 Å². The van der Waals surface area contributed by atoms with Crippen LogP contribution in [0, 0.1) is 18.7 Å². The van der Waals surface area contributed by atoms with Gasteiger partial charge in [0.25, 0.3) is 0 Å². The molecule has 2 rings (SSSR count). The van der Waals surface area contributed by atoms with Crippen molar-refractivity contribution < 1.29 is 4.39 Å². The smallest absolute Gasteiger partial charge is 0.182 e. The van der Waals surface area contributed by atoms with Gasteiger partial charge in [-0.1, -0.05) is 13.8 Å². The number of anilines is 1. The van der Waals surface area contributed by atoms with Crippen LogP contribution in [0.2, 0.25) is 0 Å². The Bertz CT molecular complexity index is 538. The molecule has 1 aromatic heterocycles. The first-order valence-corrected chi connectivity index (χ1v) is 5.81. The maximum atomic E-state index is 13.7. The van der Waals surface area contributed by atoms with Crippen LogP contribution in [0.15, 0.2) is 12.1 Å². The van der Waals surface area contributed by atoms with Crippen molar-refractivity contribution in [2.45, 2.75) is 27.3 Å². The summed E-state index contributed by atoms with van der Waals surface area (Å²) in [6.45, 7) is 6.45. The van der Waals surface area contributed by atoms with Crippen molar-refractivity contribution in [3.63, 3.8) is 0 Å². The lowest BCUT2D eigenvalue weighted by Gasteiger charge is -2.09. The van der Waals surface area contributed by atoms with Gasteiger partial charge in [0.2, 0.25) is 0 Å². The zero-order chi connectivity index (χ0) is 13.3. The molecule has 0 aliphatic carbocycles. The molecule has 0 unspecified atom stereocenters. The summed E-state index contributed by atoms with van der Waals surface area (Å²) in [5.41, 5.74) is 7.21. The molecule has 1 aromatic carbocycles. The molecule has 0 saturated carbocycles. The minimum absolute atomic E-state index is 0.343. The fourth-order valence-electron chi connectivity index (χ4n) is 1.71. The van der Waals surface area contributed by atoms with E-state index in [9.17, 15) is 4.39 Å². The van der Waals surface area contributed by atoms with Crippen molar-refractivity contribution in [2.75, 3.05) is 5.73 Å². The van der Waals surface area contributed by atoms with Gasteiger partial charge in [0.1, 0.15) is 5.82 Å². The summed E-state index contributed by atoms with van der Waals surface area (Å²) in [6.07, 6.45) is 0. The number of tetrazole rings is 1. The van der Waals surface area contributed by atoms with Crippen LogP contribution >= 0.6 is 0 Å². The topological polar surface area (TPSA) is 69.6 Å². The Morgan fingerprint density at radius 2 is 2.11 bits per heavy atom. The second-order valence-electron chi connectivity index (χ2n) is 4.75. The van der Waals surface area contributed by atoms with Crippen LogP contribution in [-0.4, -0.2) is 20.2 Å². The summed E-state index contributed by atoms with van der Waals surface area (Å²) in [5.74, 6) is 0.596. The van der Waals surface area contributed by atoms with Crippen molar-refractivity contribution in [3.8, 4) is 11.4 Å². The molecule has 5 nitrogen and oxygen atoms in total. The fourth-order valence-corrected chi connectivity index (χ4v) is 1.71. The molecule has 6 heteroatoms.